The first-order chi connectivity index (χ1) is 9.58. The standard InChI is InChI=1S/C12H13F3N4O/c1-20-3-2-19-10(6-16)17-18-12(19)11-8(14)4-7(13)5-9(11)15/h4-5H,2-3,6,16H2,1H3. The SMILES string of the molecule is COCCn1c(CN)nnc1-c1c(F)cc(F)cc1F. The van der Waals surface area contributed by atoms with Crippen LogP contribution in [0.15, 0.2) is 12.1 Å². The van der Waals surface area contributed by atoms with Gasteiger partial charge in [0, 0.05) is 25.8 Å². The van der Waals surface area contributed by atoms with Crippen LogP contribution in [-0.2, 0) is 17.8 Å². The number of nitrogens with zero attached hydrogens (tertiary/aromatic N) is 3. The summed E-state index contributed by atoms with van der Waals surface area (Å²) in [7, 11) is 1.49. The number of halogens is 3. The van der Waals surface area contributed by atoms with Crippen LogP contribution in [0.4, 0.5) is 13.2 Å². The molecule has 20 heavy (non-hydrogen) atoms. The number of methoxy groups -OCH3 is 1. The van der Waals surface area contributed by atoms with Gasteiger partial charge in [0.15, 0.2) is 5.82 Å². The Hall–Kier alpha value is -1.93. The van der Waals surface area contributed by atoms with Gasteiger partial charge < -0.3 is 15.0 Å². The molecule has 0 saturated carbocycles. The molecule has 2 rings (SSSR count). The van der Waals surface area contributed by atoms with Crippen molar-refractivity contribution in [2.75, 3.05) is 13.7 Å². The summed E-state index contributed by atoms with van der Waals surface area (Å²) in [5.74, 6) is -2.77. The number of hydrogen-bond donors (Lipinski definition) is 1. The molecule has 5 nitrogen and oxygen atoms in total. The molecule has 0 aliphatic carbocycles. The molecule has 0 aliphatic rings. The number of ether oxygens (including phenoxy) is 1. The summed E-state index contributed by atoms with van der Waals surface area (Å²) < 4.78 is 46.9. The Labute approximate surface area is 113 Å². The first-order valence-corrected chi connectivity index (χ1v) is 5.84. The van der Waals surface area contributed by atoms with E-state index in [9.17, 15) is 13.2 Å². The van der Waals surface area contributed by atoms with Crippen molar-refractivity contribution in [2.45, 2.75) is 13.1 Å². The second kappa shape index (κ2) is 6.02. The molecule has 0 spiro atoms. The molecule has 1 heterocycles. The Morgan fingerprint density at radius 1 is 1.20 bits per heavy atom. The van der Waals surface area contributed by atoms with E-state index >= 15 is 0 Å². The number of aromatic nitrogens is 3. The molecular formula is C12H13F3N4O. The highest BCUT2D eigenvalue weighted by molar-refractivity contribution is 5.57. The molecule has 1 aromatic carbocycles. The summed E-state index contributed by atoms with van der Waals surface area (Å²) in [6.45, 7) is 0.630. The molecule has 2 aromatic rings. The van der Waals surface area contributed by atoms with Crippen molar-refractivity contribution in [3.63, 3.8) is 0 Å². The number of hydrogen-bond acceptors (Lipinski definition) is 4. The third-order valence-electron chi connectivity index (χ3n) is 2.76. The summed E-state index contributed by atoms with van der Waals surface area (Å²) in [5.41, 5.74) is 5.07. The lowest BCUT2D eigenvalue weighted by atomic mass is 10.1. The molecule has 0 amide bonds. The molecule has 1 aromatic heterocycles. The summed E-state index contributed by atoms with van der Waals surface area (Å²) in [5, 5.41) is 7.51. The first kappa shape index (κ1) is 14.5. The molecule has 2 N–H and O–H groups in total. The van der Waals surface area contributed by atoms with Gasteiger partial charge in [0.1, 0.15) is 23.3 Å². The zero-order chi connectivity index (χ0) is 14.7. The third-order valence-corrected chi connectivity index (χ3v) is 2.76. The van der Waals surface area contributed by atoms with Crippen LogP contribution in [0.3, 0.4) is 0 Å². The molecule has 0 radical (unpaired) electrons. The average molecular weight is 286 g/mol. The second-order valence-electron chi connectivity index (χ2n) is 4.03. The predicted octanol–water partition coefficient (Wildman–Crippen LogP) is 1.47. The number of rotatable bonds is 5. The van der Waals surface area contributed by atoms with Gasteiger partial charge in [-0.25, -0.2) is 13.2 Å². The zero-order valence-electron chi connectivity index (χ0n) is 10.7. The smallest absolute Gasteiger partial charge is 0.170 e. The molecule has 8 heteroatoms. The van der Waals surface area contributed by atoms with Crippen LogP contribution in [0.5, 0.6) is 0 Å². The Kier molecular flexibility index (Phi) is 4.35. The van der Waals surface area contributed by atoms with Crippen LogP contribution in [0, 0.1) is 17.5 Å². The minimum atomic E-state index is -1.04. The highest BCUT2D eigenvalue weighted by Gasteiger charge is 2.21. The Morgan fingerprint density at radius 2 is 1.85 bits per heavy atom. The van der Waals surface area contributed by atoms with E-state index in [2.05, 4.69) is 10.2 Å². The molecule has 0 bridgehead atoms. The quantitative estimate of drug-likeness (QED) is 0.904. The van der Waals surface area contributed by atoms with Gasteiger partial charge >= 0.3 is 0 Å². The fourth-order valence-electron chi connectivity index (χ4n) is 1.84. The summed E-state index contributed by atoms with van der Waals surface area (Å²) in [6.07, 6.45) is 0. The lowest BCUT2D eigenvalue weighted by molar-refractivity contribution is 0.186. The fraction of sp³-hybridized carbons (Fsp3) is 0.333. The van der Waals surface area contributed by atoms with Crippen molar-refractivity contribution in [2.24, 2.45) is 5.73 Å². The van der Waals surface area contributed by atoms with Crippen LogP contribution < -0.4 is 5.73 Å². The average Bonchev–Trinajstić information content (AvgIpc) is 2.78. The van der Waals surface area contributed by atoms with Crippen molar-refractivity contribution in [1.82, 2.24) is 14.8 Å². The van der Waals surface area contributed by atoms with Gasteiger partial charge in [-0.2, -0.15) is 0 Å². The Balaban J connectivity index is 2.55. The fourth-order valence-corrected chi connectivity index (χ4v) is 1.84. The van der Waals surface area contributed by atoms with Crippen LogP contribution in [-0.4, -0.2) is 28.5 Å². The summed E-state index contributed by atoms with van der Waals surface area (Å²) in [4.78, 5) is 0. The van der Waals surface area contributed by atoms with E-state index in [0.717, 1.165) is 0 Å². The van der Waals surface area contributed by atoms with Gasteiger partial charge in [0.2, 0.25) is 0 Å². The molecule has 0 atom stereocenters. The summed E-state index contributed by atoms with van der Waals surface area (Å²) >= 11 is 0. The van der Waals surface area contributed by atoms with Gasteiger partial charge in [0.25, 0.3) is 0 Å². The van der Waals surface area contributed by atoms with Crippen molar-refractivity contribution >= 4 is 0 Å². The van der Waals surface area contributed by atoms with Crippen molar-refractivity contribution in [3.05, 3.63) is 35.4 Å². The van der Waals surface area contributed by atoms with Gasteiger partial charge in [-0.15, -0.1) is 10.2 Å². The van der Waals surface area contributed by atoms with Crippen LogP contribution in [0.25, 0.3) is 11.4 Å². The highest BCUT2D eigenvalue weighted by atomic mass is 19.1. The van der Waals surface area contributed by atoms with Gasteiger partial charge in [-0.3, -0.25) is 0 Å². The molecule has 0 aliphatic heterocycles. The first-order valence-electron chi connectivity index (χ1n) is 5.84. The maximum Gasteiger partial charge on any atom is 0.170 e. The van der Waals surface area contributed by atoms with E-state index in [1.807, 2.05) is 0 Å². The Morgan fingerprint density at radius 3 is 2.40 bits per heavy atom. The predicted molar refractivity (Wildman–Crippen MR) is 65.1 cm³/mol. The van der Waals surface area contributed by atoms with E-state index in [-0.39, 0.29) is 18.9 Å². The molecular weight excluding hydrogens is 273 g/mol. The lowest BCUT2D eigenvalue weighted by Crippen LogP contribution is -2.13. The van der Waals surface area contributed by atoms with Crippen molar-refractivity contribution < 1.29 is 17.9 Å². The topological polar surface area (TPSA) is 66.0 Å². The number of nitrogens with two attached hydrogens (primary N) is 1. The second-order valence-corrected chi connectivity index (χ2v) is 4.03. The Bertz CT molecular complexity index is 592. The van der Waals surface area contributed by atoms with Crippen LogP contribution >= 0.6 is 0 Å². The maximum absolute atomic E-state index is 13.8. The normalized spacial score (nSPS) is 11.1. The summed E-state index contributed by atoms with van der Waals surface area (Å²) in [6, 6.07) is 1.19. The van der Waals surface area contributed by atoms with E-state index in [1.165, 1.54) is 11.7 Å². The van der Waals surface area contributed by atoms with Gasteiger partial charge in [0.05, 0.1) is 18.7 Å². The van der Waals surface area contributed by atoms with Crippen LogP contribution in [0.1, 0.15) is 5.82 Å². The largest absolute Gasteiger partial charge is 0.383 e. The van der Waals surface area contributed by atoms with Gasteiger partial charge in [-0.1, -0.05) is 0 Å². The van der Waals surface area contributed by atoms with Crippen molar-refractivity contribution in [1.29, 1.82) is 0 Å². The lowest BCUT2D eigenvalue weighted by Gasteiger charge is -2.10. The van der Waals surface area contributed by atoms with Crippen molar-refractivity contribution in [3.8, 4) is 11.4 Å². The van der Waals surface area contributed by atoms with E-state index < -0.39 is 23.0 Å². The van der Waals surface area contributed by atoms with Gasteiger partial charge in [-0.05, 0) is 0 Å². The van der Waals surface area contributed by atoms with E-state index in [1.54, 1.807) is 0 Å². The number of benzene rings is 1. The molecule has 0 fully saturated rings. The monoisotopic (exact) mass is 286 g/mol. The molecule has 108 valence electrons. The van der Waals surface area contributed by atoms with E-state index in [4.69, 9.17) is 10.5 Å². The maximum atomic E-state index is 13.8. The minimum Gasteiger partial charge on any atom is -0.383 e. The molecule has 0 saturated heterocycles. The zero-order valence-corrected chi connectivity index (χ0v) is 10.7. The minimum absolute atomic E-state index is 0.0440. The molecule has 0 unspecified atom stereocenters. The van der Waals surface area contributed by atoms with E-state index in [0.29, 0.717) is 24.6 Å². The third kappa shape index (κ3) is 2.66. The highest BCUT2D eigenvalue weighted by Crippen LogP contribution is 2.26. The van der Waals surface area contributed by atoms with Crippen LogP contribution in [0.2, 0.25) is 0 Å².